The molecular weight excluding hydrogens is 444 g/mol. The Hall–Kier alpha value is -2.96. The van der Waals surface area contributed by atoms with Crippen LogP contribution in [0.2, 0.25) is 0 Å². The fourth-order valence-electron chi connectivity index (χ4n) is 3.39. The number of halogens is 6. The highest BCUT2D eigenvalue weighted by Gasteiger charge is 2.47. The molecule has 2 atom stereocenters. The third kappa shape index (κ3) is 5.64. The number of carbonyl (C=O) groups is 1. The molecule has 2 aromatic heterocycles. The topological polar surface area (TPSA) is 80.1 Å². The van der Waals surface area contributed by atoms with Gasteiger partial charge >= 0.3 is 6.18 Å². The van der Waals surface area contributed by atoms with Gasteiger partial charge in [0.1, 0.15) is 18.2 Å². The predicted molar refractivity (Wildman–Crippen MR) is 101 cm³/mol. The summed E-state index contributed by atoms with van der Waals surface area (Å²) in [6, 6.07) is 1.43. The van der Waals surface area contributed by atoms with E-state index in [9.17, 15) is 35.9 Å². The van der Waals surface area contributed by atoms with Crippen LogP contribution in [0.3, 0.4) is 0 Å². The lowest BCUT2D eigenvalue weighted by molar-refractivity contribution is -0.141. The third-order valence-electron chi connectivity index (χ3n) is 5.17. The zero-order chi connectivity index (χ0) is 23.7. The van der Waals surface area contributed by atoms with Gasteiger partial charge in [0, 0.05) is 25.7 Å². The van der Waals surface area contributed by atoms with Gasteiger partial charge in [0.25, 0.3) is 11.5 Å². The van der Waals surface area contributed by atoms with Gasteiger partial charge in [-0.25, -0.2) is 18.2 Å². The molecule has 1 N–H and O–H groups in total. The van der Waals surface area contributed by atoms with Crippen LogP contribution >= 0.6 is 0 Å². The number of alkyl halides is 5. The molecule has 174 valence electrons. The number of aromatic nitrogens is 3. The molecule has 1 fully saturated rings. The maximum Gasteiger partial charge on any atom is 0.406 e. The minimum absolute atomic E-state index is 0.0723. The van der Waals surface area contributed by atoms with E-state index in [4.69, 9.17) is 0 Å². The average Bonchev–Trinajstić information content (AvgIpc) is 2.70. The Kier molecular flexibility index (Phi) is 6.58. The molecule has 0 bridgehead atoms. The summed E-state index contributed by atoms with van der Waals surface area (Å²) in [6.07, 6.45) is -3.22. The standard InChI is InChI=1S/C19H19F6N5O2/c1-11(17(32)28-15-3-2-12(20)6-27-15)29-5-4-18(21,22)13(8-29)14-9-30(10-19(23,24)25)16(31)7-26-14/h2-3,6-7,9,11,13H,4-5,8,10H2,1H3,(H,27,28,32). The monoisotopic (exact) mass is 463 g/mol. The van der Waals surface area contributed by atoms with Gasteiger partial charge in [-0.1, -0.05) is 0 Å². The summed E-state index contributed by atoms with van der Waals surface area (Å²) in [7, 11) is 0. The van der Waals surface area contributed by atoms with Crippen molar-refractivity contribution in [1.82, 2.24) is 19.4 Å². The minimum atomic E-state index is -4.72. The number of piperidine rings is 1. The van der Waals surface area contributed by atoms with Gasteiger partial charge in [0.15, 0.2) is 0 Å². The molecule has 13 heteroatoms. The number of pyridine rings is 1. The van der Waals surface area contributed by atoms with Crippen molar-refractivity contribution in [1.29, 1.82) is 0 Å². The molecule has 7 nitrogen and oxygen atoms in total. The Labute approximate surface area is 178 Å². The van der Waals surface area contributed by atoms with Crippen molar-refractivity contribution in [2.45, 2.75) is 43.9 Å². The van der Waals surface area contributed by atoms with E-state index in [0.29, 0.717) is 12.4 Å². The van der Waals surface area contributed by atoms with Gasteiger partial charge in [-0.05, 0) is 19.1 Å². The Balaban J connectivity index is 1.79. The lowest BCUT2D eigenvalue weighted by Crippen LogP contribution is -2.52. The van der Waals surface area contributed by atoms with Crippen molar-refractivity contribution >= 4 is 11.7 Å². The van der Waals surface area contributed by atoms with Gasteiger partial charge in [0.05, 0.1) is 30.0 Å². The Morgan fingerprint density at radius 3 is 2.62 bits per heavy atom. The molecule has 0 aromatic carbocycles. The van der Waals surface area contributed by atoms with Crippen LogP contribution in [-0.4, -0.2) is 56.6 Å². The van der Waals surface area contributed by atoms with Crippen LogP contribution in [0, 0.1) is 5.82 Å². The molecule has 0 radical (unpaired) electrons. The summed E-state index contributed by atoms with van der Waals surface area (Å²) < 4.78 is 80.6. The van der Waals surface area contributed by atoms with Crippen molar-refractivity contribution in [3.8, 4) is 0 Å². The van der Waals surface area contributed by atoms with E-state index >= 15 is 0 Å². The van der Waals surface area contributed by atoms with Gasteiger partial charge in [-0.15, -0.1) is 0 Å². The lowest BCUT2D eigenvalue weighted by Gasteiger charge is -2.40. The maximum absolute atomic E-state index is 14.6. The van der Waals surface area contributed by atoms with Gasteiger partial charge < -0.3 is 9.88 Å². The summed E-state index contributed by atoms with van der Waals surface area (Å²) in [4.78, 5) is 32.9. The fraction of sp³-hybridized carbons (Fsp3) is 0.474. The molecule has 0 aliphatic carbocycles. The Morgan fingerprint density at radius 1 is 1.28 bits per heavy atom. The lowest BCUT2D eigenvalue weighted by atomic mass is 9.89. The van der Waals surface area contributed by atoms with Crippen molar-refractivity contribution in [2.75, 3.05) is 18.4 Å². The van der Waals surface area contributed by atoms with Crippen molar-refractivity contribution in [3.63, 3.8) is 0 Å². The van der Waals surface area contributed by atoms with Gasteiger partial charge in [-0.3, -0.25) is 19.5 Å². The van der Waals surface area contributed by atoms with Crippen LogP contribution in [0.5, 0.6) is 0 Å². The van der Waals surface area contributed by atoms with E-state index in [2.05, 4.69) is 15.3 Å². The second-order valence-corrected chi connectivity index (χ2v) is 7.48. The molecule has 3 heterocycles. The second kappa shape index (κ2) is 8.88. The van der Waals surface area contributed by atoms with Gasteiger partial charge in [-0.2, -0.15) is 13.2 Å². The predicted octanol–water partition coefficient (Wildman–Crippen LogP) is 2.79. The first-order valence-electron chi connectivity index (χ1n) is 9.53. The number of nitrogens with one attached hydrogen (secondary N) is 1. The number of hydrogen-bond donors (Lipinski definition) is 1. The molecule has 1 amide bonds. The Morgan fingerprint density at radius 2 is 2.00 bits per heavy atom. The molecule has 32 heavy (non-hydrogen) atoms. The zero-order valence-corrected chi connectivity index (χ0v) is 16.7. The summed E-state index contributed by atoms with van der Waals surface area (Å²) in [6.45, 7) is -0.697. The van der Waals surface area contributed by atoms with E-state index < -0.39 is 54.3 Å². The van der Waals surface area contributed by atoms with E-state index in [1.807, 2.05) is 0 Å². The number of rotatable bonds is 5. The molecule has 1 saturated heterocycles. The van der Waals surface area contributed by atoms with Crippen LogP contribution in [-0.2, 0) is 11.3 Å². The molecule has 0 spiro atoms. The maximum atomic E-state index is 14.6. The zero-order valence-electron chi connectivity index (χ0n) is 16.7. The normalized spacial score (nSPS) is 20.0. The van der Waals surface area contributed by atoms with Crippen LogP contribution in [0.4, 0.5) is 32.2 Å². The van der Waals surface area contributed by atoms with E-state index in [1.54, 1.807) is 0 Å². The van der Waals surface area contributed by atoms with Crippen molar-refractivity contribution in [2.24, 2.45) is 0 Å². The largest absolute Gasteiger partial charge is 0.406 e. The quantitative estimate of drug-likeness (QED) is 0.690. The van der Waals surface area contributed by atoms with Crippen molar-refractivity contribution < 1.29 is 31.1 Å². The first kappa shape index (κ1) is 23.7. The number of anilines is 1. The first-order valence-corrected chi connectivity index (χ1v) is 9.53. The molecule has 3 rings (SSSR count). The summed E-state index contributed by atoms with van der Waals surface area (Å²) in [5.41, 5.74) is -1.45. The third-order valence-corrected chi connectivity index (χ3v) is 5.17. The highest BCUT2D eigenvalue weighted by molar-refractivity contribution is 5.93. The molecule has 0 saturated carbocycles. The molecule has 1 aliphatic heterocycles. The number of likely N-dealkylation sites (tertiary alicyclic amines) is 1. The van der Waals surface area contributed by atoms with E-state index in [0.717, 1.165) is 12.3 Å². The average molecular weight is 463 g/mol. The van der Waals surface area contributed by atoms with E-state index in [1.165, 1.54) is 17.9 Å². The molecule has 1 aliphatic rings. The smallest absolute Gasteiger partial charge is 0.309 e. The van der Waals surface area contributed by atoms with Crippen LogP contribution in [0.1, 0.15) is 25.0 Å². The molecule has 2 unspecified atom stereocenters. The van der Waals surface area contributed by atoms with E-state index in [-0.39, 0.29) is 29.2 Å². The highest BCUT2D eigenvalue weighted by atomic mass is 19.4. The van der Waals surface area contributed by atoms with Gasteiger partial charge in [0.2, 0.25) is 5.91 Å². The molecule has 2 aromatic rings. The highest BCUT2D eigenvalue weighted by Crippen LogP contribution is 2.40. The van der Waals surface area contributed by atoms with Crippen molar-refractivity contribution in [3.05, 3.63) is 52.6 Å². The van der Waals surface area contributed by atoms with Crippen LogP contribution < -0.4 is 10.9 Å². The minimum Gasteiger partial charge on any atom is -0.309 e. The number of nitrogens with zero attached hydrogens (tertiary/aromatic N) is 4. The van der Waals surface area contributed by atoms with Crippen LogP contribution in [0.25, 0.3) is 0 Å². The molecular formula is C19H19F6N5O2. The summed E-state index contributed by atoms with van der Waals surface area (Å²) in [5.74, 6) is -6.04. The summed E-state index contributed by atoms with van der Waals surface area (Å²) >= 11 is 0. The number of carbonyl (C=O) groups excluding carboxylic acids is 1. The number of hydrogen-bond acceptors (Lipinski definition) is 5. The number of amides is 1. The fourth-order valence-corrected chi connectivity index (χ4v) is 3.39. The second-order valence-electron chi connectivity index (χ2n) is 7.48. The SMILES string of the molecule is CC(C(=O)Nc1ccc(F)cn1)N1CCC(F)(F)C(c2cn(CC(F)(F)F)c(=O)cn2)C1. The van der Waals surface area contributed by atoms with Crippen LogP contribution in [0.15, 0.2) is 35.5 Å². The Bertz CT molecular complexity index is 1020. The first-order chi connectivity index (χ1) is 14.9. The summed E-state index contributed by atoms with van der Waals surface area (Å²) in [5, 5.41) is 2.45.